The maximum absolute atomic E-state index is 11.6. The minimum Gasteiger partial charge on any atom is -0.465 e. The Labute approximate surface area is 98.5 Å². The summed E-state index contributed by atoms with van der Waals surface area (Å²) in [5, 5.41) is 0. The molecule has 0 radical (unpaired) electrons. The highest BCUT2D eigenvalue weighted by molar-refractivity contribution is 7.91. The predicted molar refractivity (Wildman–Crippen MR) is 60.9 cm³/mol. The molecule has 0 aliphatic carbocycles. The van der Waals surface area contributed by atoms with Gasteiger partial charge in [0.1, 0.15) is 10.8 Å². The summed E-state index contributed by atoms with van der Waals surface area (Å²) in [6.45, 7) is 3.37. The van der Waals surface area contributed by atoms with Gasteiger partial charge in [-0.3, -0.25) is 4.79 Å². The van der Waals surface area contributed by atoms with E-state index in [0.717, 1.165) is 16.2 Å². The van der Waals surface area contributed by atoms with Crippen LogP contribution in [0.15, 0.2) is 16.3 Å². The Balaban J connectivity index is 2.63. The van der Waals surface area contributed by atoms with Crippen LogP contribution in [0.2, 0.25) is 0 Å². The number of hydrogen-bond donors (Lipinski definition) is 1. The van der Waals surface area contributed by atoms with E-state index in [0.29, 0.717) is 0 Å². The molecule has 0 spiro atoms. The standard InChI is InChI=1S/C9H13NO4S2/c1-3-14-8(11)6-10-16(12,13)9-5-4-7(2)15-9/h4-5,10H,3,6H2,1-2H3. The molecular formula is C9H13NO4S2. The van der Waals surface area contributed by atoms with Gasteiger partial charge in [-0.15, -0.1) is 11.3 Å². The summed E-state index contributed by atoms with van der Waals surface area (Å²) in [7, 11) is -3.59. The van der Waals surface area contributed by atoms with Crippen LogP contribution in [-0.2, 0) is 19.6 Å². The Morgan fingerprint density at radius 3 is 2.69 bits per heavy atom. The highest BCUT2D eigenvalue weighted by atomic mass is 32.2. The molecule has 0 aromatic carbocycles. The lowest BCUT2D eigenvalue weighted by Crippen LogP contribution is -2.30. The number of rotatable bonds is 5. The van der Waals surface area contributed by atoms with Gasteiger partial charge >= 0.3 is 5.97 Å². The van der Waals surface area contributed by atoms with Gasteiger partial charge in [0, 0.05) is 4.88 Å². The fourth-order valence-corrected chi connectivity index (χ4v) is 3.29. The van der Waals surface area contributed by atoms with Crippen molar-refractivity contribution < 1.29 is 17.9 Å². The molecule has 16 heavy (non-hydrogen) atoms. The summed E-state index contributed by atoms with van der Waals surface area (Å²) in [5.41, 5.74) is 0. The van der Waals surface area contributed by atoms with Crippen molar-refractivity contribution in [1.29, 1.82) is 0 Å². The van der Waals surface area contributed by atoms with Gasteiger partial charge in [-0.2, -0.15) is 4.72 Å². The van der Waals surface area contributed by atoms with E-state index in [9.17, 15) is 13.2 Å². The number of thiophene rings is 1. The number of esters is 1. The summed E-state index contributed by atoms with van der Waals surface area (Å²) in [6.07, 6.45) is 0. The molecule has 0 fully saturated rings. The molecule has 0 saturated heterocycles. The average molecular weight is 263 g/mol. The minimum absolute atomic E-state index is 0.203. The van der Waals surface area contributed by atoms with E-state index in [1.807, 2.05) is 6.92 Å². The second-order valence-electron chi connectivity index (χ2n) is 2.99. The molecule has 0 aliphatic heterocycles. The first-order chi connectivity index (χ1) is 7.45. The van der Waals surface area contributed by atoms with E-state index in [1.165, 1.54) is 6.07 Å². The van der Waals surface area contributed by atoms with Crippen LogP contribution in [-0.4, -0.2) is 27.5 Å². The molecule has 1 heterocycles. The summed E-state index contributed by atoms with van der Waals surface area (Å²) in [4.78, 5) is 11.9. The zero-order valence-corrected chi connectivity index (χ0v) is 10.7. The summed E-state index contributed by atoms with van der Waals surface area (Å²) < 4.78 is 30.3. The first-order valence-corrected chi connectivity index (χ1v) is 6.97. The molecule has 1 aromatic heterocycles. The lowest BCUT2D eigenvalue weighted by molar-refractivity contribution is -0.141. The Morgan fingerprint density at radius 1 is 1.50 bits per heavy atom. The lowest BCUT2D eigenvalue weighted by atomic mass is 10.5. The number of hydrogen-bond acceptors (Lipinski definition) is 5. The molecule has 0 unspecified atom stereocenters. The average Bonchev–Trinajstić information content (AvgIpc) is 2.63. The molecule has 0 amide bonds. The van der Waals surface area contributed by atoms with Crippen LogP contribution in [0, 0.1) is 6.92 Å². The predicted octanol–water partition coefficient (Wildman–Crippen LogP) is 0.898. The molecule has 5 nitrogen and oxygen atoms in total. The van der Waals surface area contributed by atoms with Crippen molar-refractivity contribution in [2.45, 2.75) is 18.1 Å². The number of aryl methyl sites for hydroxylation is 1. The van der Waals surface area contributed by atoms with Crippen LogP contribution >= 0.6 is 11.3 Å². The number of nitrogens with one attached hydrogen (secondary N) is 1. The summed E-state index contributed by atoms with van der Waals surface area (Å²) >= 11 is 1.16. The van der Waals surface area contributed by atoms with E-state index in [4.69, 9.17) is 0 Å². The van der Waals surface area contributed by atoms with E-state index < -0.39 is 16.0 Å². The molecule has 90 valence electrons. The zero-order chi connectivity index (χ0) is 12.2. The second kappa shape index (κ2) is 5.42. The quantitative estimate of drug-likeness (QED) is 0.801. The Morgan fingerprint density at radius 2 is 2.19 bits per heavy atom. The van der Waals surface area contributed by atoms with Crippen molar-refractivity contribution in [3.63, 3.8) is 0 Å². The van der Waals surface area contributed by atoms with Gasteiger partial charge in [0.05, 0.1) is 6.61 Å². The highest BCUT2D eigenvalue weighted by Crippen LogP contribution is 2.19. The largest absolute Gasteiger partial charge is 0.465 e. The Kier molecular flexibility index (Phi) is 4.45. The number of carbonyl (C=O) groups is 1. The van der Waals surface area contributed by atoms with Crippen LogP contribution in [0.1, 0.15) is 11.8 Å². The normalized spacial score (nSPS) is 11.4. The molecule has 1 aromatic rings. The van der Waals surface area contributed by atoms with Crippen molar-refractivity contribution in [3.8, 4) is 0 Å². The van der Waals surface area contributed by atoms with Gasteiger partial charge in [-0.1, -0.05) is 0 Å². The maximum atomic E-state index is 11.6. The van der Waals surface area contributed by atoms with Crippen molar-refractivity contribution in [2.75, 3.05) is 13.2 Å². The Bertz CT molecular complexity index is 464. The summed E-state index contributed by atoms with van der Waals surface area (Å²) in [6, 6.07) is 3.22. The van der Waals surface area contributed by atoms with Crippen LogP contribution < -0.4 is 4.72 Å². The fourth-order valence-electron chi connectivity index (χ4n) is 0.994. The molecule has 1 N–H and O–H groups in total. The van der Waals surface area contributed by atoms with Crippen molar-refractivity contribution in [3.05, 3.63) is 17.0 Å². The zero-order valence-electron chi connectivity index (χ0n) is 9.02. The topological polar surface area (TPSA) is 72.5 Å². The number of sulfonamides is 1. The maximum Gasteiger partial charge on any atom is 0.321 e. The third-order valence-corrected chi connectivity index (χ3v) is 4.59. The minimum atomic E-state index is -3.59. The third-order valence-electron chi connectivity index (χ3n) is 1.69. The number of carbonyl (C=O) groups excluding carboxylic acids is 1. The summed E-state index contributed by atoms with van der Waals surface area (Å²) in [5.74, 6) is -0.584. The van der Waals surface area contributed by atoms with Crippen molar-refractivity contribution in [1.82, 2.24) is 4.72 Å². The smallest absolute Gasteiger partial charge is 0.321 e. The monoisotopic (exact) mass is 263 g/mol. The molecular weight excluding hydrogens is 250 g/mol. The van der Waals surface area contributed by atoms with Gasteiger partial charge in [0.2, 0.25) is 0 Å². The second-order valence-corrected chi connectivity index (χ2v) is 6.28. The first-order valence-electron chi connectivity index (χ1n) is 4.67. The first kappa shape index (κ1) is 13.1. The van der Waals surface area contributed by atoms with Gasteiger partial charge in [0.25, 0.3) is 10.0 Å². The lowest BCUT2D eigenvalue weighted by Gasteiger charge is -2.03. The molecule has 7 heteroatoms. The molecule has 0 saturated carbocycles. The van der Waals surface area contributed by atoms with Crippen molar-refractivity contribution >= 4 is 27.3 Å². The molecule has 0 bridgehead atoms. The number of ether oxygens (including phenoxy) is 1. The van der Waals surface area contributed by atoms with E-state index in [2.05, 4.69) is 9.46 Å². The van der Waals surface area contributed by atoms with E-state index >= 15 is 0 Å². The van der Waals surface area contributed by atoms with E-state index in [1.54, 1.807) is 13.0 Å². The molecule has 0 atom stereocenters. The van der Waals surface area contributed by atoms with Gasteiger partial charge in [-0.25, -0.2) is 8.42 Å². The fraction of sp³-hybridized carbons (Fsp3) is 0.444. The van der Waals surface area contributed by atoms with Gasteiger partial charge < -0.3 is 4.74 Å². The van der Waals surface area contributed by atoms with Gasteiger partial charge in [-0.05, 0) is 26.0 Å². The van der Waals surface area contributed by atoms with Crippen molar-refractivity contribution in [2.24, 2.45) is 0 Å². The van der Waals surface area contributed by atoms with E-state index in [-0.39, 0.29) is 17.4 Å². The molecule has 1 rings (SSSR count). The highest BCUT2D eigenvalue weighted by Gasteiger charge is 2.17. The third kappa shape index (κ3) is 3.58. The SMILES string of the molecule is CCOC(=O)CNS(=O)(=O)c1ccc(C)s1. The molecule has 0 aliphatic rings. The Hall–Kier alpha value is -0.920. The van der Waals surface area contributed by atoms with Gasteiger partial charge in [0.15, 0.2) is 0 Å². The van der Waals surface area contributed by atoms with Crippen LogP contribution in [0.5, 0.6) is 0 Å². The van der Waals surface area contributed by atoms with Crippen LogP contribution in [0.4, 0.5) is 0 Å². The van der Waals surface area contributed by atoms with Crippen LogP contribution in [0.25, 0.3) is 0 Å². The van der Waals surface area contributed by atoms with Crippen LogP contribution in [0.3, 0.4) is 0 Å².